The zero-order valence-corrected chi connectivity index (χ0v) is 19.5. The normalized spacial score (nSPS) is 24.4. The summed E-state index contributed by atoms with van der Waals surface area (Å²) >= 11 is 0. The quantitative estimate of drug-likeness (QED) is 0.224. The topological polar surface area (TPSA) is 113 Å². The molecule has 0 saturated carbocycles. The maximum atomic E-state index is 13.6. The second-order valence-electron chi connectivity index (χ2n) is 8.75. The van der Waals surface area contributed by atoms with Gasteiger partial charge in [0.1, 0.15) is 11.9 Å². The highest BCUT2D eigenvalue weighted by molar-refractivity contribution is 6.31. The first-order valence-corrected chi connectivity index (χ1v) is 11.3. The van der Waals surface area contributed by atoms with E-state index in [1.54, 1.807) is 37.3 Å². The highest BCUT2D eigenvalue weighted by Crippen LogP contribution is 2.49. The van der Waals surface area contributed by atoms with Crippen molar-refractivity contribution < 1.29 is 29.3 Å². The van der Waals surface area contributed by atoms with Gasteiger partial charge < -0.3 is 20.3 Å². The van der Waals surface area contributed by atoms with Gasteiger partial charge in [-0.05, 0) is 30.7 Å². The fourth-order valence-electron chi connectivity index (χ4n) is 5.18. The van der Waals surface area contributed by atoms with Gasteiger partial charge in [0.05, 0.1) is 30.0 Å². The number of aliphatic hydroxyl groups is 1. The minimum atomic E-state index is -1.23. The van der Waals surface area contributed by atoms with Crippen LogP contribution in [0.3, 0.4) is 0 Å². The van der Waals surface area contributed by atoms with Crippen LogP contribution in [0, 0.1) is 29.6 Å². The Morgan fingerprint density at radius 2 is 1.69 bits per heavy atom. The lowest BCUT2D eigenvalue weighted by atomic mass is 9.69. The summed E-state index contributed by atoms with van der Waals surface area (Å²) in [6, 6.07) is 7.19. The molecule has 5 rings (SSSR count). The van der Waals surface area contributed by atoms with E-state index in [4.69, 9.17) is 4.74 Å². The molecule has 3 N–H and O–H groups in total. The van der Waals surface area contributed by atoms with Gasteiger partial charge in [-0.3, -0.25) is 9.59 Å². The predicted octanol–water partition coefficient (Wildman–Crippen LogP) is 2.72. The van der Waals surface area contributed by atoms with E-state index < -0.39 is 41.5 Å². The molecule has 3 aliphatic rings. The van der Waals surface area contributed by atoms with Crippen LogP contribution >= 0.6 is 0 Å². The predicted molar refractivity (Wildman–Crippen MR) is 132 cm³/mol. The molecule has 0 spiro atoms. The number of nitrogens with one attached hydrogen (secondary N) is 1. The molecule has 2 aromatic carbocycles. The van der Waals surface area contributed by atoms with Crippen molar-refractivity contribution >= 4 is 23.2 Å². The molecule has 7 nitrogen and oxygen atoms in total. The van der Waals surface area contributed by atoms with Crippen molar-refractivity contribution in [3.8, 4) is 29.4 Å². The van der Waals surface area contributed by atoms with Gasteiger partial charge in [-0.1, -0.05) is 53.5 Å². The van der Waals surface area contributed by atoms with Crippen molar-refractivity contribution in [1.29, 1.82) is 0 Å². The number of carbonyl (C=O) groups is 3. The first kappa shape index (κ1) is 23.2. The Morgan fingerprint density at radius 1 is 1.06 bits per heavy atom. The Kier molecular flexibility index (Phi) is 5.72. The van der Waals surface area contributed by atoms with Gasteiger partial charge >= 0.3 is 5.97 Å². The van der Waals surface area contributed by atoms with E-state index >= 15 is 0 Å². The lowest BCUT2D eigenvalue weighted by Crippen LogP contribution is -2.43. The number of hydrogen-bond donors (Lipinski definition) is 3. The van der Waals surface area contributed by atoms with Crippen LogP contribution in [0.15, 0.2) is 54.1 Å². The average Bonchev–Trinajstić information content (AvgIpc) is 2.87. The van der Waals surface area contributed by atoms with E-state index in [0.717, 1.165) is 0 Å². The van der Waals surface area contributed by atoms with E-state index in [-0.39, 0.29) is 28.0 Å². The molecule has 0 aromatic heterocycles. The van der Waals surface area contributed by atoms with Crippen molar-refractivity contribution in [2.45, 2.75) is 25.0 Å². The summed E-state index contributed by atoms with van der Waals surface area (Å²) < 4.78 is 4.79. The smallest absolute Gasteiger partial charge is 0.330 e. The van der Waals surface area contributed by atoms with Gasteiger partial charge in [0.25, 0.3) is 0 Å². The van der Waals surface area contributed by atoms with Crippen LogP contribution in [0.25, 0.3) is 0 Å². The summed E-state index contributed by atoms with van der Waals surface area (Å²) in [6.45, 7) is 1.72. The second kappa shape index (κ2) is 8.88. The summed E-state index contributed by atoms with van der Waals surface area (Å²) in [5.41, 5.74) is 1.67. The fourth-order valence-corrected chi connectivity index (χ4v) is 5.18. The summed E-state index contributed by atoms with van der Waals surface area (Å²) in [5.74, 6) is 8.38. The number of ketones is 2. The molecule has 2 aliphatic carbocycles. The van der Waals surface area contributed by atoms with E-state index in [1.807, 2.05) is 0 Å². The first-order valence-electron chi connectivity index (χ1n) is 11.3. The molecule has 2 bridgehead atoms. The number of benzene rings is 2. The van der Waals surface area contributed by atoms with Crippen LogP contribution in [0.4, 0.5) is 5.69 Å². The largest absolute Gasteiger partial charge is 0.507 e. The van der Waals surface area contributed by atoms with Crippen LogP contribution in [0.5, 0.6) is 5.75 Å². The molecule has 1 heterocycles. The van der Waals surface area contributed by atoms with Gasteiger partial charge in [0, 0.05) is 29.0 Å². The van der Waals surface area contributed by atoms with Crippen LogP contribution in [0.1, 0.15) is 50.2 Å². The van der Waals surface area contributed by atoms with Crippen LogP contribution in [0.2, 0.25) is 0 Å². The molecule has 0 radical (unpaired) electrons. The van der Waals surface area contributed by atoms with Crippen molar-refractivity contribution in [3.05, 3.63) is 82.0 Å². The van der Waals surface area contributed by atoms with Crippen molar-refractivity contribution in [3.63, 3.8) is 0 Å². The molecule has 4 atom stereocenters. The number of esters is 1. The Hall–Kier alpha value is -4.59. The summed E-state index contributed by atoms with van der Waals surface area (Å²) in [4.78, 5) is 39.0. The van der Waals surface area contributed by atoms with E-state index in [1.165, 1.54) is 25.3 Å². The minimum Gasteiger partial charge on any atom is -0.507 e. The third kappa shape index (κ3) is 3.58. The molecular formula is C29H21NO6. The summed E-state index contributed by atoms with van der Waals surface area (Å²) in [7, 11) is 1.27. The second-order valence-corrected chi connectivity index (χ2v) is 8.75. The number of carbonyl (C=O) groups excluding carboxylic acids is 3. The van der Waals surface area contributed by atoms with Gasteiger partial charge in [-0.15, -0.1) is 0 Å². The van der Waals surface area contributed by atoms with Gasteiger partial charge in [-0.25, -0.2) is 4.79 Å². The molecule has 2 aromatic rings. The maximum absolute atomic E-state index is 13.6. The van der Waals surface area contributed by atoms with Crippen LogP contribution < -0.4 is 5.32 Å². The standard InChI is InChI=1S/C29H21NO6/c1-15(13-22(33)36-2)23-19-11-5-3-4-6-12-20(31)24(23)18-14-21(32)25-26(27(18)30-19)29(35)17-10-8-7-9-16(17)28(25)34/h3-4,7-10,13-14,19-20,23-24,30-32H,1-2H3/b4-3-,15-13+/t19-,20+,23?,24?/m0/s1. The SMILES string of the molecule is COC(=O)/C=C(\C)C1C2c3cc(O)c4c(c3N[C@H]1C#C/C=C\C#C[C@H]2O)C(=O)c1ccccc1C4=O. The van der Waals surface area contributed by atoms with Crippen molar-refractivity contribution in [2.24, 2.45) is 5.92 Å². The van der Waals surface area contributed by atoms with E-state index in [0.29, 0.717) is 16.8 Å². The monoisotopic (exact) mass is 479 g/mol. The zero-order valence-electron chi connectivity index (χ0n) is 19.5. The number of fused-ring (bicyclic) bond motifs is 7. The molecule has 7 heteroatoms. The number of anilines is 1. The summed E-state index contributed by atoms with van der Waals surface area (Å²) in [6.07, 6.45) is 3.16. The number of ether oxygens (including phenoxy) is 1. The Labute approximate surface area is 207 Å². The molecule has 0 amide bonds. The molecule has 0 fully saturated rings. The minimum absolute atomic E-state index is 0.0336. The van der Waals surface area contributed by atoms with Crippen molar-refractivity contribution in [2.75, 3.05) is 12.4 Å². The third-order valence-electron chi connectivity index (χ3n) is 6.75. The number of phenolic OH excluding ortho intramolecular Hbond substituents is 1. The molecular weight excluding hydrogens is 458 g/mol. The van der Waals surface area contributed by atoms with Crippen LogP contribution in [-0.4, -0.2) is 47.0 Å². The fraction of sp³-hybridized carbons (Fsp3) is 0.207. The number of allylic oxidation sites excluding steroid dienone is 2. The molecule has 1 aliphatic heterocycles. The van der Waals surface area contributed by atoms with Crippen LogP contribution in [-0.2, 0) is 9.53 Å². The zero-order chi connectivity index (χ0) is 25.6. The molecule has 36 heavy (non-hydrogen) atoms. The molecule has 2 unspecified atom stereocenters. The Bertz CT molecular complexity index is 1520. The van der Waals surface area contributed by atoms with Gasteiger partial charge in [-0.2, -0.15) is 0 Å². The molecule has 0 saturated heterocycles. The third-order valence-corrected chi connectivity index (χ3v) is 6.75. The Morgan fingerprint density at radius 3 is 2.36 bits per heavy atom. The number of aromatic hydroxyl groups is 1. The highest BCUT2D eigenvalue weighted by Gasteiger charge is 2.45. The summed E-state index contributed by atoms with van der Waals surface area (Å²) in [5, 5.41) is 25.5. The number of methoxy groups -OCH3 is 1. The highest BCUT2D eigenvalue weighted by atomic mass is 16.5. The van der Waals surface area contributed by atoms with E-state index in [2.05, 4.69) is 29.0 Å². The van der Waals surface area contributed by atoms with Crippen molar-refractivity contribution in [1.82, 2.24) is 0 Å². The lowest BCUT2D eigenvalue weighted by molar-refractivity contribution is -0.134. The lowest BCUT2D eigenvalue weighted by Gasteiger charge is -2.41. The van der Waals surface area contributed by atoms with Gasteiger partial charge in [0.15, 0.2) is 11.6 Å². The number of rotatable bonds is 2. The number of phenols is 1. The van der Waals surface area contributed by atoms with Gasteiger partial charge in [0.2, 0.25) is 0 Å². The average molecular weight is 479 g/mol. The number of aliphatic hydroxyl groups excluding tert-OH is 1. The molecule has 178 valence electrons. The Balaban J connectivity index is 1.80. The number of hydrogen-bond acceptors (Lipinski definition) is 7. The first-order chi connectivity index (χ1) is 17.3. The maximum Gasteiger partial charge on any atom is 0.330 e. The van der Waals surface area contributed by atoms with E-state index in [9.17, 15) is 24.6 Å².